The Morgan fingerprint density at radius 1 is 0.933 bits per heavy atom. The lowest BCUT2D eigenvalue weighted by molar-refractivity contribution is 0.247. The van der Waals surface area contributed by atoms with Crippen LogP contribution in [-0.4, -0.2) is 29.9 Å². The van der Waals surface area contributed by atoms with Gasteiger partial charge in [0.25, 0.3) is 0 Å². The van der Waals surface area contributed by atoms with Crippen molar-refractivity contribution in [3.05, 3.63) is 0 Å². The van der Waals surface area contributed by atoms with Crippen molar-refractivity contribution >= 4 is 11.6 Å². The first-order valence-corrected chi connectivity index (χ1v) is 7.23. The molecule has 0 heterocycles. The molecule has 0 atom stereocenters. The van der Waals surface area contributed by atoms with E-state index in [2.05, 4.69) is 4.90 Å². The molecule has 2 heteroatoms. The van der Waals surface area contributed by atoms with Crippen LogP contribution in [0.3, 0.4) is 0 Å². The number of unbranched alkanes of at least 4 members (excludes halogenated alkanes) is 3. The summed E-state index contributed by atoms with van der Waals surface area (Å²) in [6.07, 6.45) is 11.2. The molecule has 0 radical (unpaired) electrons. The van der Waals surface area contributed by atoms with Gasteiger partial charge >= 0.3 is 0 Å². The van der Waals surface area contributed by atoms with Crippen molar-refractivity contribution in [1.29, 1.82) is 0 Å². The average molecular weight is 230 g/mol. The third-order valence-corrected chi connectivity index (χ3v) is 3.85. The second kappa shape index (κ2) is 6.10. The molecule has 0 spiro atoms. The minimum Gasteiger partial charge on any atom is -0.300 e. The third kappa shape index (κ3) is 4.74. The lowest BCUT2D eigenvalue weighted by Gasteiger charge is -2.21. The van der Waals surface area contributed by atoms with Gasteiger partial charge in [0.1, 0.15) is 0 Å². The first-order chi connectivity index (χ1) is 7.40. The second-order valence-corrected chi connectivity index (χ2v) is 5.65. The molecule has 2 aliphatic carbocycles. The van der Waals surface area contributed by atoms with Crippen molar-refractivity contribution in [2.45, 2.75) is 57.4 Å². The van der Waals surface area contributed by atoms with E-state index in [1.165, 1.54) is 64.5 Å². The van der Waals surface area contributed by atoms with Gasteiger partial charge in [0.2, 0.25) is 0 Å². The fourth-order valence-corrected chi connectivity index (χ4v) is 2.45. The van der Waals surface area contributed by atoms with Crippen molar-refractivity contribution in [2.75, 3.05) is 19.0 Å². The molecule has 2 rings (SSSR count). The van der Waals surface area contributed by atoms with Crippen LogP contribution in [0.1, 0.15) is 51.4 Å². The van der Waals surface area contributed by atoms with E-state index in [4.69, 9.17) is 11.6 Å². The van der Waals surface area contributed by atoms with Crippen LogP contribution >= 0.6 is 11.6 Å². The lowest BCUT2D eigenvalue weighted by Crippen LogP contribution is -2.29. The number of hydrogen-bond donors (Lipinski definition) is 0. The molecular weight excluding hydrogens is 206 g/mol. The first-order valence-electron chi connectivity index (χ1n) is 6.70. The maximum Gasteiger partial charge on any atom is 0.0223 e. The fraction of sp³-hybridized carbons (Fsp3) is 1.00. The summed E-state index contributed by atoms with van der Waals surface area (Å²) in [5.74, 6) is 1.91. The number of rotatable bonds is 9. The van der Waals surface area contributed by atoms with Crippen LogP contribution in [0.5, 0.6) is 0 Å². The van der Waals surface area contributed by atoms with Crippen molar-refractivity contribution in [3.8, 4) is 0 Å². The van der Waals surface area contributed by atoms with Crippen LogP contribution in [0.15, 0.2) is 0 Å². The summed E-state index contributed by atoms with van der Waals surface area (Å²) in [5, 5.41) is 0. The molecule has 0 aromatic carbocycles. The average Bonchev–Trinajstić information content (AvgIpc) is 3.08. The standard InChI is InChI=1S/C13H24ClN/c14-9-3-1-2-4-10-15(13-7-8-13)11-12-5-6-12/h12-13H,1-11H2. The Kier molecular flexibility index (Phi) is 4.77. The van der Waals surface area contributed by atoms with Gasteiger partial charge in [-0.05, 0) is 51.0 Å². The lowest BCUT2D eigenvalue weighted by atomic mass is 10.2. The quantitative estimate of drug-likeness (QED) is 0.431. The topological polar surface area (TPSA) is 3.24 Å². The van der Waals surface area contributed by atoms with Gasteiger partial charge in [-0.2, -0.15) is 0 Å². The predicted octanol–water partition coefficient (Wildman–Crippen LogP) is 3.66. The molecule has 2 saturated carbocycles. The molecule has 0 N–H and O–H groups in total. The van der Waals surface area contributed by atoms with E-state index in [1.54, 1.807) is 0 Å². The molecule has 0 aromatic heterocycles. The fourth-order valence-electron chi connectivity index (χ4n) is 2.26. The molecule has 0 saturated heterocycles. The zero-order valence-electron chi connectivity index (χ0n) is 9.76. The Hall–Kier alpha value is 0.250. The Bertz CT molecular complexity index is 175. The van der Waals surface area contributed by atoms with E-state index in [-0.39, 0.29) is 0 Å². The highest BCUT2D eigenvalue weighted by Gasteiger charge is 2.32. The molecule has 1 nitrogen and oxygen atoms in total. The van der Waals surface area contributed by atoms with Gasteiger partial charge in [-0.1, -0.05) is 12.8 Å². The smallest absolute Gasteiger partial charge is 0.0223 e. The highest BCUT2D eigenvalue weighted by Crippen LogP contribution is 2.34. The van der Waals surface area contributed by atoms with E-state index in [0.717, 1.165) is 17.8 Å². The molecule has 0 aromatic rings. The summed E-state index contributed by atoms with van der Waals surface area (Å²) in [5.41, 5.74) is 0. The van der Waals surface area contributed by atoms with Crippen LogP contribution in [0.25, 0.3) is 0 Å². The molecule has 0 aliphatic heterocycles. The number of alkyl halides is 1. The summed E-state index contributed by atoms with van der Waals surface area (Å²) < 4.78 is 0. The summed E-state index contributed by atoms with van der Waals surface area (Å²) in [7, 11) is 0. The SMILES string of the molecule is ClCCCCCCN(CC1CC1)C1CC1. The van der Waals surface area contributed by atoms with Gasteiger partial charge in [-0.3, -0.25) is 0 Å². The molecule has 0 bridgehead atoms. The molecule has 2 aliphatic rings. The summed E-state index contributed by atoms with van der Waals surface area (Å²) in [6.45, 7) is 2.75. The third-order valence-electron chi connectivity index (χ3n) is 3.58. The minimum absolute atomic E-state index is 0.842. The summed E-state index contributed by atoms with van der Waals surface area (Å²) in [4.78, 5) is 2.76. The molecular formula is C13H24ClN. The molecule has 0 amide bonds. The highest BCUT2D eigenvalue weighted by molar-refractivity contribution is 6.17. The van der Waals surface area contributed by atoms with Crippen molar-refractivity contribution in [2.24, 2.45) is 5.92 Å². The normalized spacial score (nSPS) is 21.2. The second-order valence-electron chi connectivity index (χ2n) is 5.27. The Morgan fingerprint density at radius 3 is 2.27 bits per heavy atom. The van der Waals surface area contributed by atoms with E-state index in [9.17, 15) is 0 Å². The van der Waals surface area contributed by atoms with Crippen molar-refractivity contribution in [3.63, 3.8) is 0 Å². The zero-order valence-corrected chi connectivity index (χ0v) is 10.5. The van der Waals surface area contributed by atoms with Gasteiger partial charge in [0.15, 0.2) is 0 Å². The van der Waals surface area contributed by atoms with Crippen LogP contribution in [0, 0.1) is 5.92 Å². The van der Waals surface area contributed by atoms with Crippen LogP contribution in [0.2, 0.25) is 0 Å². The first kappa shape index (κ1) is 11.7. The van der Waals surface area contributed by atoms with Crippen LogP contribution in [-0.2, 0) is 0 Å². The number of nitrogens with zero attached hydrogens (tertiary/aromatic N) is 1. The summed E-state index contributed by atoms with van der Waals surface area (Å²) >= 11 is 5.67. The number of halogens is 1. The Labute approximate surface area is 99.2 Å². The van der Waals surface area contributed by atoms with E-state index >= 15 is 0 Å². The van der Waals surface area contributed by atoms with Crippen molar-refractivity contribution in [1.82, 2.24) is 4.90 Å². The zero-order chi connectivity index (χ0) is 10.5. The van der Waals surface area contributed by atoms with E-state index in [0.29, 0.717) is 0 Å². The van der Waals surface area contributed by atoms with Gasteiger partial charge in [-0.15, -0.1) is 11.6 Å². The molecule has 0 unspecified atom stereocenters. The Balaban J connectivity index is 1.53. The monoisotopic (exact) mass is 229 g/mol. The largest absolute Gasteiger partial charge is 0.300 e. The number of hydrogen-bond acceptors (Lipinski definition) is 1. The maximum atomic E-state index is 5.67. The van der Waals surface area contributed by atoms with Gasteiger partial charge < -0.3 is 4.90 Å². The minimum atomic E-state index is 0.842. The molecule has 2 fully saturated rings. The van der Waals surface area contributed by atoms with Gasteiger partial charge in [-0.25, -0.2) is 0 Å². The summed E-state index contributed by atoms with van der Waals surface area (Å²) in [6, 6.07) is 0.971. The Morgan fingerprint density at radius 2 is 1.67 bits per heavy atom. The van der Waals surface area contributed by atoms with Crippen LogP contribution < -0.4 is 0 Å². The maximum absolute atomic E-state index is 5.67. The van der Waals surface area contributed by atoms with E-state index < -0.39 is 0 Å². The molecule has 88 valence electrons. The van der Waals surface area contributed by atoms with E-state index in [1.807, 2.05) is 0 Å². The predicted molar refractivity (Wildman–Crippen MR) is 66.5 cm³/mol. The van der Waals surface area contributed by atoms with Crippen LogP contribution in [0.4, 0.5) is 0 Å². The van der Waals surface area contributed by atoms with Crippen molar-refractivity contribution < 1.29 is 0 Å². The highest BCUT2D eigenvalue weighted by atomic mass is 35.5. The molecule has 15 heavy (non-hydrogen) atoms. The van der Waals surface area contributed by atoms with Gasteiger partial charge in [0.05, 0.1) is 0 Å². The van der Waals surface area contributed by atoms with Gasteiger partial charge in [0, 0.05) is 18.5 Å².